The Kier molecular flexibility index (Phi) is 9.98. The van der Waals surface area contributed by atoms with Gasteiger partial charge in [0, 0.05) is 39.1 Å². The maximum Gasteiger partial charge on any atom is 0.191 e. The number of benzene rings is 1. The summed E-state index contributed by atoms with van der Waals surface area (Å²) in [5, 5.41) is 10.8. The fourth-order valence-corrected chi connectivity index (χ4v) is 2.43. The molecule has 25 heavy (non-hydrogen) atoms. The van der Waals surface area contributed by atoms with Crippen LogP contribution in [0, 0.1) is 6.92 Å². The molecule has 1 aromatic carbocycles. The van der Waals surface area contributed by atoms with Crippen molar-refractivity contribution < 1.29 is 4.74 Å². The Labute approximate surface area is 167 Å². The Morgan fingerprint density at radius 1 is 1.32 bits per heavy atom. The second-order valence-corrected chi connectivity index (χ2v) is 5.51. The minimum atomic E-state index is 0. The Bertz CT molecular complexity index is 643. The van der Waals surface area contributed by atoms with Gasteiger partial charge in [-0.1, -0.05) is 12.1 Å². The van der Waals surface area contributed by atoms with Crippen LogP contribution < -0.4 is 15.4 Å². The van der Waals surface area contributed by atoms with Gasteiger partial charge in [0.1, 0.15) is 5.75 Å². The molecule has 0 aliphatic carbocycles. The first-order chi connectivity index (χ1) is 11.7. The van der Waals surface area contributed by atoms with Crippen LogP contribution >= 0.6 is 24.0 Å². The molecule has 0 amide bonds. The topological polar surface area (TPSA) is 63.5 Å². The van der Waals surface area contributed by atoms with Crippen LogP contribution in [0.4, 0.5) is 0 Å². The van der Waals surface area contributed by atoms with Gasteiger partial charge in [0.2, 0.25) is 0 Å². The molecule has 0 atom stereocenters. The van der Waals surface area contributed by atoms with Crippen LogP contribution in [-0.4, -0.2) is 35.9 Å². The molecule has 0 bridgehead atoms. The maximum atomic E-state index is 5.57. The first-order valence-electron chi connectivity index (χ1n) is 8.37. The van der Waals surface area contributed by atoms with Crippen LogP contribution in [0.3, 0.4) is 0 Å². The summed E-state index contributed by atoms with van der Waals surface area (Å²) in [6.07, 6.45) is 4.76. The molecular weight excluding hydrogens is 429 g/mol. The highest BCUT2D eigenvalue weighted by Gasteiger charge is 2.02. The molecule has 1 aromatic heterocycles. The van der Waals surface area contributed by atoms with E-state index in [0.29, 0.717) is 6.61 Å². The lowest BCUT2D eigenvalue weighted by Crippen LogP contribution is -2.37. The van der Waals surface area contributed by atoms with Crippen molar-refractivity contribution in [3.8, 4) is 5.75 Å². The van der Waals surface area contributed by atoms with Crippen molar-refractivity contribution in [1.29, 1.82) is 0 Å². The lowest BCUT2D eigenvalue weighted by molar-refractivity contribution is 0.338. The molecule has 2 rings (SSSR count). The molecule has 2 N–H and O–H groups in total. The number of halogens is 1. The summed E-state index contributed by atoms with van der Waals surface area (Å²) in [6.45, 7) is 7.23. The van der Waals surface area contributed by atoms with E-state index >= 15 is 0 Å². The first kappa shape index (κ1) is 21.3. The van der Waals surface area contributed by atoms with Crippen molar-refractivity contribution >= 4 is 29.9 Å². The molecule has 0 aliphatic rings. The van der Waals surface area contributed by atoms with Gasteiger partial charge in [-0.15, -0.1) is 24.0 Å². The number of aliphatic imine (C=N–C) groups is 1. The van der Waals surface area contributed by atoms with Gasteiger partial charge < -0.3 is 15.4 Å². The van der Waals surface area contributed by atoms with Crippen LogP contribution in [0.5, 0.6) is 5.75 Å². The van der Waals surface area contributed by atoms with E-state index in [0.717, 1.165) is 43.3 Å². The van der Waals surface area contributed by atoms with E-state index in [4.69, 9.17) is 4.74 Å². The number of aryl methyl sites for hydroxylation is 2. The van der Waals surface area contributed by atoms with E-state index in [9.17, 15) is 0 Å². The molecule has 0 spiro atoms. The van der Waals surface area contributed by atoms with E-state index < -0.39 is 0 Å². The molecule has 7 heteroatoms. The smallest absolute Gasteiger partial charge is 0.191 e. The van der Waals surface area contributed by atoms with Gasteiger partial charge >= 0.3 is 0 Å². The lowest BCUT2D eigenvalue weighted by Gasteiger charge is -2.13. The summed E-state index contributed by atoms with van der Waals surface area (Å²) in [5.41, 5.74) is 2.36. The molecule has 0 saturated carbocycles. The minimum Gasteiger partial charge on any atom is -0.494 e. The van der Waals surface area contributed by atoms with Crippen molar-refractivity contribution in [2.75, 3.05) is 20.2 Å². The minimum absolute atomic E-state index is 0. The molecule has 1 heterocycles. The van der Waals surface area contributed by atoms with Crippen LogP contribution in [0.2, 0.25) is 0 Å². The second-order valence-electron chi connectivity index (χ2n) is 5.51. The molecule has 0 radical (unpaired) electrons. The number of hydrogen-bond acceptors (Lipinski definition) is 3. The number of nitrogens with zero attached hydrogens (tertiary/aromatic N) is 3. The molecule has 2 aromatic rings. The summed E-state index contributed by atoms with van der Waals surface area (Å²) in [7, 11) is 1.78. The fraction of sp³-hybridized carbons (Fsp3) is 0.444. The number of rotatable bonds is 8. The van der Waals surface area contributed by atoms with E-state index in [2.05, 4.69) is 39.8 Å². The predicted octanol–water partition coefficient (Wildman–Crippen LogP) is 2.96. The maximum absolute atomic E-state index is 5.57. The molecular formula is C18H28IN5O. The SMILES string of the molecule is CCOc1ccc(CNC(=NC)NCCCn2cccn2)cc1C.I. The second kappa shape index (κ2) is 11.7. The monoisotopic (exact) mass is 457 g/mol. The summed E-state index contributed by atoms with van der Waals surface area (Å²) in [5.74, 6) is 1.75. The lowest BCUT2D eigenvalue weighted by atomic mass is 10.1. The van der Waals surface area contributed by atoms with Gasteiger partial charge in [-0.3, -0.25) is 9.67 Å². The number of ether oxygens (including phenoxy) is 1. The third kappa shape index (κ3) is 7.33. The van der Waals surface area contributed by atoms with Crippen molar-refractivity contribution in [2.45, 2.75) is 33.4 Å². The van der Waals surface area contributed by atoms with Gasteiger partial charge in [-0.2, -0.15) is 5.10 Å². The van der Waals surface area contributed by atoms with Gasteiger partial charge in [0.05, 0.1) is 6.61 Å². The van der Waals surface area contributed by atoms with Crippen LogP contribution in [0.15, 0.2) is 41.7 Å². The molecule has 0 unspecified atom stereocenters. The summed E-state index contributed by atoms with van der Waals surface area (Å²) in [6, 6.07) is 8.18. The van der Waals surface area contributed by atoms with Crippen LogP contribution in [0.25, 0.3) is 0 Å². The number of hydrogen-bond donors (Lipinski definition) is 2. The van der Waals surface area contributed by atoms with Crippen molar-refractivity contribution in [3.05, 3.63) is 47.8 Å². The fourth-order valence-electron chi connectivity index (χ4n) is 2.43. The zero-order valence-electron chi connectivity index (χ0n) is 15.2. The van der Waals surface area contributed by atoms with Crippen molar-refractivity contribution in [3.63, 3.8) is 0 Å². The first-order valence-corrected chi connectivity index (χ1v) is 8.37. The highest BCUT2D eigenvalue weighted by atomic mass is 127. The van der Waals surface area contributed by atoms with Gasteiger partial charge in [0.15, 0.2) is 5.96 Å². The zero-order valence-corrected chi connectivity index (χ0v) is 17.5. The Hall–Kier alpha value is -1.77. The predicted molar refractivity (Wildman–Crippen MR) is 113 cm³/mol. The number of aromatic nitrogens is 2. The average molecular weight is 457 g/mol. The van der Waals surface area contributed by atoms with Crippen LogP contribution in [-0.2, 0) is 13.1 Å². The third-order valence-electron chi connectivity index (χ3n) is 3.64. The van der Waals surface area contributed by atoms with E-state index in [1.165, 1.54) is 5.56 Å². The largest absolute Gasteiger partial charge is 0.494 e. The van der Waals surface area contributed by atoms with E-state index in [1.807, 2.05) is 29.9 Å². The van der Waals surface area contributed by atoms with Gasteiger partial charge in [0.25, 0.3) is 0 Å². The average Bonchev–Trinajstić information content (AvgIpc) is 3.10. The molecule has 0 aliphatic heterocycles. The highest BCUT2D eigenvalue weighted by Crippen LogP contribution is 2.18. The quantitative estimate of drug-likeness (QED) is 0.277. The van der Waals surface area contributed by atoms with Crippen LogP contribution in [0.1, 0.15) is 24.5 Å². The van der Waals surface area contributed by atoms with Crippen molar-refractivity contribution in [1.82, 2.24) is 20.4 Å². The molecule has 0 fully saturated rings. The number of guanidine groups is 1. The standard InChI is InChI=1S/C18H27N5O.HI/c1-4-24-17-8-7-16(13-15(17)2)14-21-18(19-3)20-9-5-11-23-12-6-10-22-23;/h6-8,10,12-13H,4-5,9,11,14H2,1-3H3,(H2,19,20,21);1H. The third-order valence-corrected chi connectivity index (χ3v) is 3.64. The normalized spacial score (nSPS) is 10.9. The van der Waals surface area contributed by atoms with Gasteiger partial charge in [-0.25, -0.2) is 0 Å². The number of nitrogens with one attached hydrogen (secondary N) is 2. The zero-order chi connectivity index (χ0) is 17.2. The van der Waals surface area contributed by atoms with Gasteiger partial charge in [-0.05, 0) is 43.5 Å². The highest BCUT2D eigenvalue weighted by molar-refractivity contribution is 14.0. The molecule has 138 valence electrons. The summed E-state index contributed by atoms with van der Waals surface area (Å²) < 4.78 is 7.50. The van der Waals surface area contributed by atoms with E-state index in [1.54, 1.807) is 13.2 Å². The Morgan fingerprint density at radius 3 is 2.80 bits per heavy atom. The summed E-state index contributed by atoms with van der Waals surface area (Å²) in [4.78, 5) is 4.25. The van der Waals surface area contributed by atoms with Crippen molar-refractivity contribution in [2.24, 2.45) is 4.99 Å². The molecule has 6 nitrogen and oxygen atoms in total. The van der Waals surface area contributed by atoms with E-state index in [-0.39, 0.29) is 24.0 Å². The Morgan fingerprint density at radius 2 is 2.16 bits per heavy atom. The summed E-state index contributed by atoms with van der Waals surface area (Å²) >= 11 is 0. The molecule has 0 saturated heterocycles. The Balaban J connectivity index is 0.00000312.